The summed E-state index contributed by atoms with van der Waals surface area (Å²) in [5.41, 5.74) is 1.27. The molecule has 146 valence electrons. The zero-order valence-electron chi connectivity index (χ0n) is 15.1. The van der Waals surface area contributed by atoms with Crippen LogP contribution < -0.4 is 16.2 Å². The fraction of sp³-hybridized carbons (Fsp3) is 0.100. The fourth-order valence-corrected chi connectivity index (χ4v) is 3.31. The molecule has 0 saturated carbocycles. The van der Waals surface area contributed by atoms with E-state index in [0.29, 0.717) is 46.2 Å². The second-order valence-electron chi connectivity index (χ2n) is 6.20. The van der Waals surface area contributed by atoms with E-state index in [2.05, 4.69) is 30.8 Å². The summed E-state index contributed by atoms with van der Waals surface area (Å²) in [6, 6.07) is 16.0. The maximum atomic E-state index is 11.1. The summed E-state index contributed by atoms with van der Waals surface area (Å²) in [7, 11) is 0. The SMILES string of the molecule is O=c1ccc(NCCNc2nc(-c3ccc(Cl)cc3Cl)nc3ccccc23)n[nH]1. The van der Waals surface area contributed by atoms with Gasteiger partial charge in [-0.1, -0.05) is 35.3 Å². The molecule has 0 bridgehead atoms. The number of nitrogens with one attached hydrogen (secondary N) is 3. The largest absolute Gasteiger partial charge is 0.368 e. The van der Waals surface area contributed by atoms with Gasteiger partial charge in [0.1, 0.15) is 11.6 Å². The summed E-state index contributed by atoms with van der Waals surface area (Å²) in [6.45, 7) is 1.16. The molecule has 0 saturated heterocycles. The summed E-state index contributed by atoms with van der Waals surface area (Å²) < 4.78 is 0. The van der Waals surface area contributed by atoms with Crippen LogP contribution in [0.3, 0.4) is 0 Å². The van der Waals surface area contributed by atoms with Gasteiger partial charge in [-0.3, -0.25) is 4.79 Å². The van der Waals surface area contributed by atoms with E-state index >= 15 is 0 Å². The Morgan fingerprint density at radius 2 is 1.76 bits per heavy atom. The highest BCUT2D eigenvalue weighted by Crippen LogP contribution is 2.31. The van der Waals surface area contributed by atoms with Crippen molar-refractivity contribution in [3.63, 3.8) is 0 Å². The van der Waals surface area contributed by atoms with Crippen molar-refractivity contribution < 1.29 is 0 Å². The average molecular weight is 427 g/mol. The number of benzene rings is 2. The van der Waals surface area contributed by atoms with E-state index in [1.807, 2.05) is 30.3 Å². The molecule has 0 aliphatic carbocycles. The second-order valence-corrected chi connectivity index (χ2v) is 7.04. The summed E-state index contributed by atoms with van der Waals surface area (Å²) in [4.78, 5) is 20.4. The van der Waals surface area contributed by atoms with Crippen LogP contribution in [0, 0.1) is 0 Å². The van der Waals surface area contributed by atoms with Crippen LogP contribution in [0.1, 0.15) is 0 Å². The van der Waals surface area contributed by atoms with Crippen LogP contribution in [-0.4, -0.2) is 33.3 Å². The molecule has 0 aliphatic heterocycles. The van der Waals surface area contributed by atoms with Crippen molar-refractivity contribution in [2.45, 2.75) is 0 Å². The lowest BCUT2D eigenvalue weighted by Gasteiger charge is -2.12. The minimum absolute atomic E-state index is 0.241. The molecule has 0 radical (unpaired) electrons. The van der Waals surface area contributed by atoms with E-state index in [-0.39, 0.29) is 5.56 Å². The van der Waals surface area contributed by atoms with Crippen molar-refractivity contribution in [3.8, 4) is 11.4 Å². The quantitative estimate of drug-likeness (QED) is 0.399. The van der Waals surface area contributed by atoms with Gasteiger partial charge in [0, 0.05) is 35.1 Å². The minimum Gasteiger partial charge on any atom is -0.368 e. The highest BCUT2D eigenvalue weighted by Gasteiger charge is 2.12. The number of para-hydroxylation sites is 1. The Bertz CT molecular complexity index is 1210. The van der Waals surface area contributed by atoms with Gasteiger partial charge in [-0.2, -0.15) is 5.10 Å². The second kappa shape index (κ2) is 8.46. The summed E-state index contributed by atoms with van der Waals surface area (Å²) in [5, 5.41) is 14.7. The van der Waals surface area contributed by atoms with Crippen molar-refractivity contribution in [3.05, 3.63) is 75.0 Å². The molecular formula is C20H16Cl2N6O. The van der Waals surface area contributed by atoms with Crippen LogP contribution in [0.2, 0.25) is 10.0 Å². The van der Waals surface area contributed by atoms with Gasteiger partial charge in [-0.05, 0) is 36.4 Å². The monoisotopic (exact) mass is 426 g/mol. The number of anilines is 2. The van der Waals surface area contributed by atoms with E-state index in [1.165, 1.54) is 6.07 Å². The first-order chi connectivity index (χ1) is 14.1. The molecular weight excluding hydrogens is 411 g/mol. The van der Waals surface area contributed by atoms with Crippen LogP contribution in [0.5, 0.6) is 0 Å². The Balaban J connectivity index is 1.57. The van der Waals surface area contributed by atoms with Gasteiger partial charge >= 0.3 is 0 Å². The molecule has 29 heavy (non-hydrogen) atoms. The predicted molar refractivity (Wildman–Crippen MR) is 117 cm³/mol. The Kier molecular flexibility index (Phi) is 5.59. The molecule has 2 aromatic heterocycles. The molecule has 2 heterocycles. The Morgan fingerprint density at radius 1 is 0.931 bits per heavy atom. The van der Waals surface area contributed by atoms with Crippen molar-refractivity contribution in [2.24, 2.45) is 0 Å². The highest BCUT2D eigenvalue weighted by atomic mass is 35.5. The van der Waals surface area contributed by atoms with Crippen LogP contribution in [0.4, 0.5) is 11.6 Å². The van der Waals surface area contributed by atoms with Gasteiger partial charge in [0.25, 0.3) is 5.56 Å². The highest BCUT2D eigenvalue weighted by molar-refractivity contribution is 6.36. The van der Waals surface area contributed by atoms with E-state index in [9.17, 15) is 4.79 Å². The van der Waals surface area contributed by atoms with Crippen molar-refractivity contribution in [1.82, 2.24) is 20.2 Å². The summed E-state index contributed by atoms with van der Waals surface area (Å²) in [6.07, 6.45) is 0. The van der Waals surface area contributed by atoms with Gasteiger partial charge in [0.15, 0.2) is 5.82 Å². The van der Waals surface area contributed by atoms with Gasteiger partial charge in [-0.25, -0.2) is 15.1 Å². The number of halogens is 2. The first kappa shape index (κ1) is 19.2. The first-order valence-corrected chi connectivity index (χ1v) is 9.61. The predicted octanol–water partition coefficient (Wildman–Crippen LogP) is 4.21. The molecule has 0 unspecified atom stereocenters. The number of hydrogen-bond acceptors (Lipinski definition) is 6. The normalized spacial score (nSPS) is 10.8. The molecule has 0 spiro atoms. The molecule has 2 aromatic carbocycles. The van der Waals surface area contributed by atoms with E-state index in [4.69, 9.17) is 23.2 Å². The molecule has 0 atom stereocenters. The van der Waals surface area contributed by atoms with Crippen molar-refractivity contribution >= 4 is 45.7 Å². The summed E-state index contributed by atoms with van der Waals surface area (Å²) in [5.74, 6) is 1.81. The van der Waals surface area contributed by atoms with Crippen LogP contribution in [0.25, 0.3) is 22.3 Å². The van der Waals surface area contributed by atoms with Gasteiger partial charge < -0.3 is 10.6 Å². The number of rotatable bonds is 6. The molecule has 9 heteroatoms. The lowest BCUT2D eigenvalue weighted by atomic mass is 10.2. The zero-order chi connectivity index (χ0) is 20.2. The number of fused-ring (bicyclic) bond motifs is 1. The molecule has 3 N–H and O–H groups in total. The van der Waals surface area contributed by atoms with Crippen LogP contribution in [-0.2, 0) is 0 Å². The Hall–Kier alpha value is -3.16. The zero-order valence-corrected chi connectivity index (χ0v) is 16.6. The van der Waals surface area contributed by atoms with Gasteiger partial charge in [0.2, 0.25) is 0 Å². The molecule has 0 aliphatic rings. The molecule has 4 aromatic rings. The number of aromatic amines is 1. The number of nitrogens with zero attached hydrogens (tertiary/aromatic N) is 3. The number of aromatic nitrogens is 4. The van der Waals surface area contributed by atoms with Gasteiger partial charge in [0.05, 0.1) is 10.5 Å². The van der Waals surface area contributed by atoms with E-state index < -0.39 is 0 Å². The smallest absolute Gasteiger partial charge is 0.264 e. The molecule has 0 fully saturated rings. The number of hydrogen-bond donors (Lipinski definition) is 3. The molecule has 7 nitrogen and oxygen atoms in total. The van der Waals surface area contributed by atoms with Crippen LogP contribution >= 0.6 is 23.2 Å². The minimum atomic E-state index is -0.241. The Morgan fingerprint density at radius 3 is 2.55 bits per heavy atom. The standard InChI is InChI=1S/C20H16Cl2N6O/c21-12-5-6-13(15(22)11-12)20-25-16-4-2-1-3-14(16)19(26-20)24-10-9-23-17-7-8-18(29)28-27-17/h1-8,11H,9-10H2,(H,23,27)(H,28,29)(H,24,25,26). The third-order valence-electron chi connectivity index (χ3n) is 4.18. The lowest BCUT2D eigenvalue weighted by molar-refractivity contribution is 0.963. The maximum absolute atomic E-state index is 11.1. The average Bonchev–Trinajstić information content (AvgIpc) is 2.72. The van der Waals surface area contributed by atoms with E-state index in [1.54, 1.807) is 18.2 Å². The lowest BCUT2D eigenvalue weighted by Crippen LogP contribution is -2.17. The summed E-state index contributed by atoms with van der Waals surface area (Å²) >= 11 is 12.4. The third-order valence-corrected chi connectivity index (χ3v) is 4.73. The molecule has 0 amide bonds. The maximum Gasteiger partial charge on any atom is 0.264 e. The third kappa shape index (κ3) is 4.47. The van der Waals surface area contributed by atoms with Crippen molar-refractivity contribution in [2.75, 3.05) is 23.7 Å². The number of H-pyrrole nitrogens is 1. The van der Waals surface area contributed by atoms with Gasteiger partial charge in [-0.15, -0.1) is 0 Å². The Labute approximate surface area is 176 Å². The van der Waals surface area contributed by atoms with E-state index in [0.717, 1.165) is 10.9 Å². The topological polar surface area (TPSA) is 95.6 Å². The van der Waals surface area contributed by atoms with Crippen molar-refractivity contribution in [1.29, 1.82) is 0 Å². The first-order valence-electron chi connectivity index (χ1n) is 8.86. The molecule has 4 rings (SSSR count). The fourth-order valence-electron chi connectivity index (χ4n) is 2.82. The van der Waals surface area contributed by atoms with Crippen LogP contribution in [0.15, 0.2) is 59.4 Å².